The topological polar surface area (TPSA) is 71.2 Å². The largest absolute Gasteiger partial charge is 0.465 e. The van der Waals surface area contributed by atoms with E-state index in [1.807, 2.05) is 25.1 Å². The summed E-state index contributed by atoms with van der Waals surface area (Å²) in [5, 5.41) is 3.30. The number of anilines is 1. The van der Waals surface area contributed by atoms with Crippen LogP contribution in [0.3, 0.4) is 0 Å². The summed E-state index contributed by atoms with van der Waals surface area (Å²) in [5.74, 6) is -0.170. The average Bonchev–Trinajstić information content (AvgIpc) is 2.88. The highest BCUT2D eigenvalue weighted by molar-refractivity contribution is 6.04. The Labute approximate surface area is 148 Å². The number of aromatic nitrogens is 1. The van der Waals surface area contributed by atoms with Crippen LogP contribution in [-0.4, -0.2) is 29.9 Å². The van der Waals surface area contributed by atoms with Crippen LogP contribution in [0, 0.1) is 13.8 Å². The van der Waals surface area contributed by atoms with E-state index in [1.54, 1.807) is 13.8 Å². The first-order chi connectivity index (χ1) is 11.8. The van der Waals surface area contributed by atoms with Crippen LogP contribution in [0.5, 0.6) is 0 Å². The number of ketones is 1. The number of hydrogen-bond acceptors (Lipinski definition) is 4. The number of benzene rings is 1. The van der Waals surface area contributed by atoms with Crippen molar-refractivity contribution in [2.45, 2.75) is 46.6 Å². The first kappa shape index (κ1) is 18.8. The van der Waals surface area contributed by atoms with Crippen LogP contribution in [0.4, 0.5) is 5.69 Å². The quantitative estimate of drug-likeness (QED) is 0.609. The molecule has 0 radical (unpaired) electrons. The second kappa shape index (κ2) is 7.55. The third-order valence-electron chi connectivity index (χ3n) is 4.42. The van der Waals surface area contributed by atoms with Crippen LogP contribution in [0.1, 0.15) is 64.4 Å². The standard InChI is InChI=1S/C20H26N2O3/c1-11(2)15-9-7-8-10-16(15)21-14(5)19(23)18-12(3)17(13(4)22-18)20(24)25-6/h7-11,14,21-22H,1-6H3/t14-/m1/s1. The molecular formula is C20H26N2O3. The van der Waals surface area contributed by atoms with Gasteiger partial charge in [-0.15, -0.1) is 0 Å². The second-order valence-electron chi connectivity index (χ2n) is 6.59. The molecule has 1 heterocycles. The minimum Gasteiger partial charge on any atom is -0.465 e. The number of ether oxygens (including phenoxy) is 1. The summed E-state index contributed by atoms with van der Waals surface area (Å²) >= 11 is 0. The van der Waals surface area contributed by atoms with Crippen molar-refractivity contribution < 1.29 is 14.3 Å². The van der Waals surface area contributed by atoms with Crippen LogP contribution in [-0.2, 0) is 4.74 Å². The van der Waals surface area contributed by atoms with Crippen molar-refractivity contribution in [1.82, 2.24) is 4.98 Å². The van der Waals surface area contributed by atoms with Crippen molar-refractivity contribution in [2.24, 2.45) is 0 Å². The molecule has 0 spiro atoms. The predicted molar refractivity (Wildman–Crippen MR) is 99.6 cm³/mol. The monoisotopic (exact) mass is 342 g/mol. The predicted octanol–water partition coefficient (Wildman–Crippen LogP) is 4.22. The van der Waals surface area contributed by atoms with Crippen LogP contribution < -0.4 is 5.32 Å². The Morgan fingerprint density at radius 1 is 1.12 bits per heavy atom. The normalized spacial score (nSPS) is 12.1. The number of aryl methyl sites for hydroxylation is 1. The number of carbonyl (C=O) groups is 2. The van der Waals surface area contributed by atoms with Gasteiger partial charge in [0.05, 0.1) is 24.4 Å². The fourth-order valence-electron chi connectivity index (χ4n) is 3.05. The van der Waals surface area contributed by atoms with E-state index in [9.17, 15) is 9.59 Å². The van der Waals surface area contributed by atoms with Gasteiger partial charge in [0.15, 0.2) is 0 Å². The van der Waals surface area contributed by atoms with E-state index in [0.29, 0.717) is 28.4 Å². The molecule has 0 fully saturated rings. The van der Waals surface area contributed by atoms with E-state index >= 15 is 0 Å². The Hall–Kier alpha value is -2.56. The van der Waals surface area contributed by atoms with Gasteiger partial charge in [-0.2, -0.15) is 0 Å². The fraction of sp³-hybridized carbons (Fsp3) is 0.400. The third kappa shape index (κ3) is 3.76. The summed E-state index contributed by atoms with van der Waals surface area (Å²) < 4.78 is 4.80. The lowest BCUT2D eigenvalue weighted by Gasteiger charge is -2.19. The van der Waals surface area contributed by atoms with Gasteiger partial charge in [-0.25, -0.2) is 4.79 Å². The van der Waals surface area contributed by atoms with Crippen LogP contribution in [0.15, 0.2) is 24.3 Å². The molecule has 2 N–H and O–H groups in total. The zero-order valence-corrected chi connectivity index (χ0v) is 15.7. The molecule has 0 saturated heterocycles. The van der Waals surface area contributed by atoms with Gasteiger partial charge in [0.25, 0.3) is 0 Å². The van der Waals surface area contributed by atoms with Gasteiger partial charge in [0, 0.05) is 11.4 Å². The molecule has 1 aromatic carbocycles. The molecule has 0 unspecified atom stereocenters. The van der Waals surface area contributed by atoms with E-state index in [2.05, 4.69) is 30.2 Å². The van der Waals surface area contributed by atoms with Crippen LogP contribution in [0.2, 0.25) is 0 Å². The zero-order valence-electron chi connectivity index (χ0n) is 15.7. The summed E-state index contributed by atoms with van der Waals surface area (Å²) in [6.45, 7) is 9.59. The highest BCUT2D eigenvalue weighted by Gasteiger charge is 2.25. The van der Waals surface area contributed by atoms with Gasteiger partial charge >= 0.3 is 5.97 Å². The molecule has 0 saturated carbocycles. The Balaban J connectivity index is 2.29. The number of aromatic amines is 1. The van der Waals surface area contributed by atoms with E-state index in [0.717, 1.165) is 11.3 Å². The molecule has 5 nitrogen and oxygen atoms in total. The first-order valence-corrected chi connectivity index (χ1v) is 8.45. The number of methoxy groups -OCH3 is 1. The Bertz CT molecular complexity index is 790. The SMILES string of the molecule is COC(=O)c1c(C)[nH]c(C(=O)[C@@H](C)Nc2ccccc2C(C)C)c1C. The second-order valence-corrected chi connectivity index (χ2v) is 6.59. The van der Waals surface area contributed by atoms with E-state index in [4.69, 9.17) is 4.74 Å². The minimum absolute atomic E-state index is 0.0886. The molecule has 25 heavy (non-hydrogen) atoms. The number of nitrogens with one attached hydrogen (secondary N) is 2. The van der Waals surface area contributed by atoms with Gasteiger partial charge < -0.3 is 15.0 Å². The number of Topliss-reactive ketones (excluding diaryl/α,β-unsaturated/α-hetero) is 1. The third-order valence-corrected chi connectivity index (χ3v) is 4.42. The van der Waals surface area contributed by atoms with Crippen molar-refractivity contribution in [2.75, 3.05) is 12.4 Å². The molecule has 134 valence electrons. The maximum absolute atomic E-state index is 12.9. The average molecular weight is 342 g/mol. The van der Waals surface area contributed by atoms with Crippen molar-refractivity contribution in [3.05, 3.63) is 52.3 Å². The lowest BCUT2D eigenvalue weighted by molar-refractivity contribution is 0.0599. The molecule has 0 aliphatic heterocycles. The number of H-pyrrole nitrogens is 1. The Kier molecular flexibility index (Phi) is 5.67. The summed E-state index contributed by atoms with van der Waals surface area (Å²) in [7, 11) is 1.34. The summed E-state index contributed by atoms with van der Waals surface area (Å²) in [5.41, 5.74) is 4.26. The Morgan fingerprint density at radius 3 is 2.36 bits per heavy atom. The minimum atomic E-state index is -0.434. The molecule has 2 rings (SSSR count). The molecule has 0 aliphatic carbocycles. The summed E-state index contributed by atoms with van der Waals surface area (Å²) in [4.78, 5) is 27.8. The highest BCUT2D eigenvalue weighted by atomic mass is 16.5. The summed E-state index contributed by atoms with van der Waals surface area (Å²) in [6.07, 6.45) is 0. The molecular weight excluding hydrogens is 316 g/mol. The Morgan fingerprint density at radius 2 is 1.76 bits per heavy atom. The molecule has 5 heteroatoms. The van der Waals surface area contributed by atoms with Crippen molar-refractivity contribution in [1.29, 1.82) is 0 Å². The summed E-state index contributed by atoms with van der Waals surface area (Å²) in [6, 6.07) is 7.55. The number of carbonyl (C=O) groups excluding carboxylic acids is 2. The van der Waals surface area contributed by atoms with Crippen LogP contribution in [0.25, 0.3) is 0 Å². The fourth-order valence-corrected chi connectivity index (χ4v) is 3.05. The maximum Gasteiger partial charge on any atom is 0.339 e. The van der Waals surface area contributed by atoms with Gasteiger partial charge in [-0.05, 0) is 43.9 Å². The molecule has 0 amide bonds. The van der Waals surface area contributed by atoms with E-state index in [-0.39, 0.29) is 5.78 Å². The molecule has 1 aromatic heterocycles. The smallest absolute Gasteiger partial charge is 0.339 e. The maximum atomic E-state index is 12.9. The van der Waals surface area contributed by atoms with Crippen LogP contribution >= 0.6 is 0 Å². The van der Waals surface area contributed by atoms with Gasteiger partial charge in [0.1, 0.15) is 0 Å². The number of rotatable bonds is 6. The van der Waals surface area contributed by atoms with Gasteiger partial charge in [0.2, 0.25) is 5.78 Å². The molecule has 1 atom stereocenters. The van der Waals surface area contributed by atoms with E-state index < -0.39 is 12.0 Å². The van der Waals surface area contributed by atoms with Crippen molar-refractivity contribution >= 4 is 17.4 Å². The van der Waals surface area contributed by atoms with Crippen molar-refractivity contribution in [3.8, 4) is 0 Å². The molecule has 0 aliphatic rings. The number of para-hydroxylation sites is 1. The lowest BCUT2D eigenvalue weighted by Crippen LogP contribution is -2.27. The van der Waals surface area contributed by atoms with Crippen molar-refractivity contribution in [3.63, 3.8) is 0 Å². The number of esters is 1. The first-order valence-electron chi connectivity index (χ1n) is 8.45. The molecule has 2 aromatic rings. The van der Waals surface area contributed by atoms with E-state index in [1.165, 1.54) is 7.11 Å². The van der Waals surface area contributed by atoms with Gasteiger partial charge in [-0.3, -0.25) is 4.79 Å². The number of hydrogen-bond donors (Lipinski definition) is 2. The van der Waals surface area contributed by atoms with Gasteiger partial charge in [-0.1, -0.05) is 32.0 Å². The highest BCUT2D eigenvalue weighted by Crippen LogP contribution is 2.26. The molecule has 0 bridgehead atoms. The lowest BCUT2D eigenvalue weighted by atomic mass is 10.00. The zero-order chi connectivity index (χ0) is 18.7.